The van der Waals surface area contributed by atoms with Gasteiger partial charge in [-0.05, 0) is 43.0 Å². The van der Waals surface area contributed by atoms with E-state index in [2.05, 4.69) is 5.32 Å². The van der Waals surface area contributed by atoms with Crippen LogP contribution in [0, 0.1) is 0 Å². The minimum Gasteiger partial charge on any atom is -0.334 e. The molecular formula is C15H19N3O2. The van der Waals surface area contributed by atoms with Gasteiger partial charge in [0.2, 0.25) is 5.91 Å². The van der Waals surface area contributed by atoms with E-state index in [1.54, 1.807) is 6.07 Å². The third kappa shape index (κ3) is 2.29. The summed E-state index contributed by atoms with van der Waals surface area (Å²) in [7, 11) is 0. The Bertz CT molecular complexity index is 556. The first-order valence-electron chi connectivity index (χ1n) is 7.13. The molecule has 0 aromatic heterocycles. The van der Waals surface area contributed by atoms with Gasteiger partial charge in [-0.2, -0.15) is 0 Å². The molecule has 5 nitrogen and oxygen atoms in total. The van der Waals surface area contributed by atoms with Gasteiger partial charge in [-0.25, -0.2) is 0 Å². The van der Waals surface area contributed by atoms with Crippen LogP contribution in [0.5, 0.6) is 0 Å². The second-order valence-electron chi connectivity index (χ2n) is 5.45. The zero-order valence-electron chi connectivity index (χ0n) is 11.4. The lowest BCUT2D eigenvalue weighted by atomic mass is 10.00. The first-order valence-corrected chi connectivity index (χ1v) is 7.13. The molecule has 0 unspecified atom stereocenters. The minimum absolute atomic E-state index is 0.0410. The van der Waals surface area contributed by atoms with Crippen LogP contribution < -0.4 is 11.1 Å². The van der Waals surface area contributed by atoms with Gasteiger partial charge in [0.15, 0.2) is 0 Å². The summed E-state index contributed by atoms with van der Waals surface area (Å²) < 4.78 is 0. The number of carbonyl (C=O) groups is 2. The number of hydrogen-bond acceptors (Lipinski definition) is 3. The molecule has 1 aromatic carbocycles. The Labute approximate surface area is 118 Å². The van der Waals surface area contributed by atoms with Crippen molar-refractivity contribution >= 4 is 17.5 Å². The van der Waals surface area contributed by atoms with Crippen molar-refractivity contribution < 1.29 is 9.59 Å². The van der Waals surface area contributed by atoms with Crippen molar-refractivity contribution in [1.82, 2.24) is 4.90 Å². The van der Waals surface area contributed by atoms with Gasteiger partial charge >= 0.3 is 0 Å². The number of likely N-dealkylation sites (tertiary alicyclic amines) is 1. The number of nitrogens with two attached hydrogens (primary N) is 1. The van der Waals surface area contributed by atoms with Gasteiger partial charge in [0.05, 0.1) is 0 Å². The molecule has 1 fully saturated rings. The lowest BCUT2D eigenvalue weighted by Crippen LogP contribution is -2.40. The van der Waals surface area contributed by atoms with Gasteiger partial charge in [0, 0.05) is 36.8 Å². The monoisotopic (exact) mass is 273 g/mol. The van der Waals surface area contributed by atoms with Crippen LogP contribution in [0.1, 0.15) is 35.2 Å². The summed E-state index contributed by atoms with van der Waals surface area (Å²) >= 11 is 0. The third-order valence-electron chi connectivity index (χ3n) is 4.16. The summed E-state index contributed by atoms with van der Waals surface area (Å²) in [5.74, 6) is 0.0944. The number of anilines is 1. The lowest BCUT2D eigenvalue weighted by molar-refractivity contribution is -0.116. The molecule has 0 spiro atoms. The number of nitrogens with zero attached hydrogens (tertiary/aromatic N) is 1. The smallest absolute Gasteiger partial charge is 0.254 e. The number of rotatable bonds is 2. The first kappa shape index (κ1) is 13.1. The number of benzene rings is 1. The van der Waals surface area contributed by atoms with Crippen molar-refractivity contribution in [3.63, 3.8) is 0 Å². The summed E-state index contributed by atoms with van der Waals surface area (Å²) in [5.41, 5.74) is 8.29. The number of aryl methyl sites for hydroxylation is 1. The highest BCUT2D eigenvalue weighted by atomic mass is 16.2. The maximum atomic E-state index is 12.5. The third-order valence-corrected chi connectivity index (χ3v) is 4.16. The maximum Gasteiger partial charge on any atom is 0.254 e. The summed E-state index contributed by atoms with van der Waals surface area (Å²) in [4.78, 5) is 25.8. The molecule has 2 amide bonds. The lowest BCUT2D eigenvalue weighted by Gasteiger charge is -2.24. The molecule has 106 valence electrons. The molecule has 1 aromatic rings. The van der Waals surface area contributed by atoms with E-state index >= 15 is 0 Å². The fraction of sp³-hybridized carbons (Fsp3) is 0.467. The quantitative estimate of drug-likeness (QED) is 0.848. The van der Waals surface area contributed by atoms with Gasteiger partial charge in [0.25, 0.3) is 5.91 Å². The number of fused-ring (bicyclic) bond motifs is 1. The van der Waals surface area contributed by atoms with Crippen LogP contribution >= 0.6 is 0 Å². The number of amides is 2. The van der Waals surface area contributed by atoms with Crippen molar-refractivity contribution in [2.24, 2.45) is 5.73 Å². The molecule has 0 radical (unpaired) electrons. The van der Waals surface area contributed by atoms with E-state index in [0.717, 1.165) is 30.6 Å². The van der Waals surface area contributed by atoms with Crippen molar-refractivity contribution in [3.05, 3.63) is 29.3 Å². The van der Waals surface area contributed by atoms with E-state index in [-0.39, 0.29) is 17.9 Å². The average molecular weight is 273 g/mol. The summed E-state index contributed by atoms with van der Waals surface area (Å²) in [6.45, 7) is 1.31. The zero-order valence-corrected chi connectivity index (χ0v) is 11.4. The highest BCUT2D eigenvalue weighted by Gasteiger charge is 2.28. The molecule has 3 rings (SSSR count). The molecule has 20 heavy (non-hydrogen) atoms. The number of carbonyl (C=O) groups excluding carboxylic acids is 2. The first-order chi connectivity index (χ1) is 9.69. The van der Waals surface area contributed by atoms with Crippen LogP contribution in [0.4, 0.5) is 5.69 Å². The highest BCUT2D eigenvalue weighted by molar-refractivity contribution is 5.98. The van der Waals surface area contributed by atoms with Crippen LogP contribution in [0.2, 0.25) is 0 Å². The van der Waals surface area contributed by atoms with Crippen LogP contribution in [0.15, 0.2) is 18.2 Å². The van der Waals surface area contributed by atoms with E-state index in [0.29, 0.717) is 24.9 Å². The number of hydrogen-bond donors (Lipinski definition) is 2. The Kier molecular flexibility index (Phi) is 3.44. The van der Waals surface area contributed by atoms with E-state index in [1.807, 2.05) is 17.0 Å². The van der Waals surface area contributed by atoms with Crippen LogP contribution in [0.3, 0.4) is 0 Å². The van der Waals surface area contributed by atoms with Crippen molar-refractivity contribution in [2.75, 3.05) is 18.4 Å². The Balaban J connectivity index is 1.84. The van der Waals surface area contributed by atoms with Crippen molar-refractivity contribution in [1.29, 1.82) is 0 Å². The molecular weight excluding hydrogens is 254 g/mol. The highest BCUT2D eigenvalue weighted by Crippen LogP contribution is 2.26. The van der Waals surface area contributed by atoms with Gasteiger partial charge < -0.3 is 16.0 Å². The number of nitrogens with one attached hydrogen (secondary N) is 1. The summed E-state index contributed by atoms with van der Waals surface area (Å²) in [6, 6.07) is 5.69. The Hall–Kier alpha value is -1.88. The molecule has 1 atom stereocenters. The molecule has 2 aliphatic heterocycles. The normalized spacial score (nSPS) is 21.6. The Morgan fingerprint density at radius 2 is 2.25 bits per heavy atom. The molecule has 2 heterocycles. The predicted molar refractivity (Wildman–Crippen MR) is 76.5 cm³/mol. The maximum absolute atomic E-state index is 12.5. The van der Waals surface area contributed by atoms with Crippen LogP contribution in [-0.2, 0) is 11.2 Å². The van der Waals surface area contributed by atoms with E-state index in [9.17, 15) is 9.59 Å². The Morgan fingerprint density at radius 3 is 3.05 bits per heavy atom. The predicted octanol–water partition coefficient (Wildman–Crippen LogP) is 1.13. The molecule has 0 saturated carbocycles. The summed E-state index contributed by atoms with van der Waals surface area (Å²) in [5, 5.41) is 2.83. The molecule has 0 bridgehead atoms. The van der Waals surface area contributed by atoms with Crippen LogP contribution in [-0.4, -0.2) is 35.8 Å². The fourth-order valence-corrected chi connectivity index (χ4v) is 3.03. The van der Waals surface area contributed by atoms with Crippen LogP contribution in [0.25, 0.3) is 0 Å². The Morgan fingerprint density at radius 1 is 1.40 bits per heavy atom. The molecule has 3 N–H and O–H groups in total. The van der Waals surface area contributed by atoms with Gasteiger partial charge in [-0.15, -0.1) is 0 Å². The molecule has 1 saturated heterocycles. The molecule has 5 heteroatoms. The van der Waals surface area contributed by atoms with Gasteiger partial charge in [-0.1, -0.05) is 0 Å². The van der Waals surface area contributed by atoms with Gasteiger partial charge in [0.1, 0.15) is 0 Å². The summed E-state index contributed by atoms with van der Waals surface area (Å²) in [6.07, 6.45) is 3.19. The average Bonchev–Trinajstić information content (AvgIpc) is 2.94. The topological polar surface area (TPSA) is 75.4 Å². The van der Waals surface area contributed by atoms with Crippen molar-refractivity contribution in [2.45, 2.75) is 31.7 Å². The SMILES string of the molecule is NC[C@H]1CCCN1C(=O)c1ccc2c(c1)CCC(=O)N2. The molecule has 2 aliphatic rings. The van der Waals surface area contributed by atoms with E-state index in [1.165, 1.54) is 0 Å². The minimum atomic E-state index is 0.0410. The van der Waals surface area contributed by atoms with E-state index in [4.69, 9.17) is 5.73 Å². The second-order valence-corrected chi connectivity index (χ2v) is 5.45. The largest absolute Gasteiger partial charge is 0.334 e. The second kappa shape index (κ2) is 5.25. The standard InChI is InChI=1S/C15H19N3O2/c16-9-12-2-1-7-18(12)15(20)11-3-5-13-10(8-11)4-6-14(19)17-13/h3,5,8,12H,1-2,4,6-7,9,16H2,(H,17,19)/t12-/m1/s1. The van der Waals surface area contributed by atoms with Crippen molar-refractivity contribution in [3.8, 4) is 0 Å². The molecule has 0 aliphatic carbocycles. The van der Waals surface area contributed by atoms with Gasteiger partial charge in [-0.3, -0.25) is 9.59 Å². The van der Waals surface area contributed by atoms with E-state index < -0.39 is 0 Å². The zero-order chi connectivity index (χ0) is 14.1. The fourth-order valence-electron chi connectivity index (χ4n) is 3.03.